The molecule has 2 heterocycles. The van der Waals surface area contributed by atoms with E-state index >= 15 is 0 Å². The maximum atomic E-state index is 12.9. The number of rotatable bonds is 7. The summed E-state index contributed by atoms with van der Waals surface area (Å²) in [4.78, 5) is 11.6. The molecular weight excluding hydrogens is 394 g/mol. The summed E-state index contributed by atoms with van der Waals surface area (Å²) in [5, 5.41) is 6.59. The number of nitrogens with zero attached hydrogens (tertiary/aromatic N) is 1. The first-order valence-electron chi connectivity index (χ1n) is 9.13. The van der Waals surface area contributed by atoms with Crippen molar-refractivity contribution in [1.29, 1.82) is 0 Å². The van der Waals surface area contributed by atoms with Crippen LogP contribution >= 0.6 is 0 Å². The normalized spacial score (nSPS) is 11.6. The molecule has 0 aliphatic carbocycles. The highest BCUT2D eigenvalue weighted by Gasteiger charge is 2.22. The Morgan fingerprint density at radius 1 is 1.17 bits per heavy atom. The minimum absolute atomic E-state index is 0.0461. The van der Waals surface area contributed by atoms with Gasteiger partial charge < -0.3 is 8.94 Å². The van der Waals surface area contributed by atoms with E-state index in [-0.39, 0.29) is 23.2 Å². The van der Waals surface area contributed by atoms with Crippen LogP contribution in [0.5, 0.6) is 0 Å². The van der Waals surface area contributed by atoms with Gasteiger partial charge in [-0.15, -0.1) is 0 Å². The van der Waals surface area contributed by atoms with Gasteiger partial charge in [-0.2, -0.15) is 0 Å². The lowest BCUT2D eigenvalue weighted by Crippen LogP contribution is -2.23. The molecule has 0 fully saturated rings. The first-order valence-corrected chi connectivity index (χ1v) is 10.6. The molecule has 0 bridgehead atoms. The number of benzene rings is 1. The van der Waals surface area contributed by atoms with E-state index in [2.05, 4.69) is 15.2 Å². The van der Waals surface area contributed by atoms with Crippen LogP contribution in [0, 0.1) is 13.8 Å². The van der Waals surface area contributed by atoms with Crippen LogP contribution in [0.2, 0.25) is 0 Å². The maximum Gasteiger partial charge on any atom is 0.241 e. The lowest BCUT2D eigenvalue weighted by Gasteiger charge is -2.11. The average molecular weight is 417 g/mol. The Kier molecular flexibility index (Phi) is 5.90. The highest BCUT2D eigenvalue weighted by Crippen LogP contribution is 2.34. The van der Waals surface area contributed by atoms with Crippen LogP contribution in [0.1, 0.15) is 36.6 Å². The average Bonchev–Trinajstić information content (AvgIpc) is 3.26. The van der Waals surface area contributed by atoms with Gasteiger partial charge >= 0.3 is 0 Å². The van der Waals surface area contributed by atoms with Crippen LogP contribution in [0.15, 0.2) is 44.2 Å². The molecular formula is C20H23N3O5S. The number of nitrogens with one attached hydrogen (secondary N) is 2. The predicted octanol–water partition coefficient (Wildman–Crippen LogP) is 3.55. The number of furan rings is 1. The molecule has 3 aromatic rings. The Morgan fingerprint density at radius 2 is 1.93 bits per heavy atom. The van der Waals surface area contributed by atoms with Gasteiger partial charge in [-0.05, 0) is 49.6 Å². The molecule has 0 radical (unpaired) electrons. The number of hydrogen-bond acceptors (Lipinski definition) is 6. The highest BCUT2D eigenvalue weighted by atomic mass is 32.2. The van der Waals surface area contributed by atoms with Crippen molar-refractivity contribution in [3.05, 3.63) is 53.1 Å². The zero-order valence-corrected chi connectivity index (χ0v) is 17.5. The van der Waals surface area contributed by atoms with Crippen molar-refractivity contribution < 1.29 is 22.2 Å². The number of amides is 1. The zero-order chi connectivity index (χ0) is 21.2. The molecule has 3 rings (SSSR count). The number of carbonyl (C=O) groups excluding carboxylic acids is 1. The SMILES string of the molecule is CCc1noc(NC(C)=O)c1-c1ccc(C)c(S(=O)(=O)NCc2ccc(C)o2)c1. The molecule has 1 amide bonds. The summed E-state index contributed by atoms with van der Waals surface area (Å²) in [6.45, 7) is 6.83. The molecule has 9 heteroatoms. The third-order valence-electron chi connectivity index (χ3n) is 4.39. The number of carbonyl (C=O) groups is 1. The van der Waals surface area contributed by atoms with Crippen LogP contribution in [0.3, 0.4) is 0 Å². The topological polar surface area (TPSA) is 114 Å². The number of hydrogen-bond donors (Lipinski definition) is 2. The van der Waals surface area contributed by atoms with Gasteiger partial charge in [0.1, 0.15) is 11.5 Å². The largest absolute Gasteiger partial charge is 0.465 e. The summed E-state index contributed by atoms with van der Waals surface area (Å²) in [5.41, 5.74) is 2.37. The van der Waals surface area contributed by atoms with Gasteiger partial charge in [0.05, 0.1) is 22.7 Å². The Balaban J connectivity index is 1.98. The molecule has 0 unspecified atom stereocenters. The Bertz CT molecular complexity index is 1140. The van der Waals surface area contributed by atoms with Gasteiger partial charge in [0.15, 0.2) is 0 Å². The summed E-state index contributed by atoms with van der Waals surface area (Å²) >= 11 is 0. The van der Waals surface area contributed by atoms with Gasteiger partial charge in [0.25, 0.3) is 0 Å². The summed E-state index contributed by atoms with van der Waals surface area (Å²) < 4.78 is 39.1. The maximum absolute atomic E-state index is 12.9. The van der Waals surface area contributed by atoms with E-state index in [9.17, 15) is 13.2 Å². The number of sulfonamides is 1. The van der Waals surface area contributed by atoms with E-state index < -0.39 is 10.0 Å². The predicted molar refractivity (Wildman–Crippen MR) is 108 cm³/mol. The van der Waals surface area contributed by atoms with Crippen LogP contribution < -0.4 is 10.0 Å². The number of aromatic nitrogens is 1. The molecule has 2 N–H and O–H groups in total. The molecule has 8 nitrogen and oxygen atoms in total. The lowest BCUT2D eigenvalue weighted by atomic mass is 10.0. The Morgan fingerprint density at radius 3 is 2.55 bits per heavy atom. The fourth-order valence-corrected chi connectivity index (χ4v) is 4.24. The van der Waals surface area contributed by atoms with Crippen LogP contribution in [0.25, 0.3) is 11.1 Å². The molecule has 0 aliphatic rings. The molecule has 29 heavy (non-hydrogen) atoms. The van der Waals surface area contributed by atoms with Crippen LogP contribution in [-0.2, 0) is 27.8 Å². The van der Waals surface area contributed by atoms with Crippen LogP contribution in [-0.4, -0.2) is 19.5 Å². The van der Waals surface area contributed by atoms with Crippen molar-refractivity contribution in [2.45, 2.75) is 45.6 Å². The minimum atomic E-state index is -3.80. The molecule has 0 aliphatic heterocycles. The van der Waals surface area contributed by atoms with E-state index in [4.69, 9.17) is 8.94 Å². The monoisotopic (exact) mass is 417 g/mol. The van der Waals surface area contributed by atoms with Crippen LogP contribution in [0.4, 0.5) is 5.88 Å². The molecule has 0 atom stereocenters. The van der Waals surface area contributed by atoms with Crippen molar-refractivity contribution in [2.75, 3.05) is 5.32 Å². The molecule has 0 saturated heterocycles. The van der Waals surface area contributed by atoms with Gasteiger partial charge in [-0.25, -0.2) is 13.1 Å². The quantitative estimate of drug-likeness (QED) is 0.608. The third-order valence-corrected chi connectivity index (χ3v) is 5.93. The summed E-state index contributed by atoms with van der Waals surface area (Å²) in [6, 6.07) is 8.55. The van der Waals surface area contributed by atoms with E-state index in [1.165, 1.54) is 6.92 Å². The first kappa shape index (κ1) is 20.8. The van der Waals surface area contributed by atoms with Gasteiger partial charge in [-0.3, -0.25) is 10.1 Å². The smallest absolute Gasteiger partial charge is 0.241 e. The minimum Gasteiger partial charge on any atom is -0.465 e. The second-order valence-electron chi connectivity index (χ2n) is 6.69. The standard InChI is InChI=1S/C20H23N3O5S/c1-5-17-19(20(28-23-17)22-14(4)24)15-8-6-12(2)18(10-15)29(25,26)21-11-16-9-7-13(3)27-16/h6-10,21H,5,11H2,1-4H3,(H,22,24). The summed E-state index contributed by atoms with van der Waals surface area (Å²) in [6.07, 6.45) is 0.560. The molecule has 154 valence electrons. The fourth-order valence-electron chi connectivity index (χ4n) is 2.98. The van der Waals surface area contributed by atoms with Crippen molar-refractivity contribution in [3.63, 3.8) is 0 Å². The number of anilines is 1. The first-order chi connectivity index (χ1) is 13.7. The van der Waals surface area contributed by atoms with Gasteiger partial charge in [0, 0.05) is 6.92 Å². The van der Waals surface area contributed by atoms with Crippen molar-refractivity contribution in [1.82, 2.24) is 9.88 Å². The third kappa shape index (κ3) is 4.57. The lowest BCUT2D eigenvalue weighted by molar-refractivity contribution is -0.114. The van der Waals surface area contributed by atoms with Gasteiger partial charge in [-0.1, -0.05) is 24.2 Å². The second kappa shape index (κ2) is 8.22. The molecule has 1 aromatic carbocycles. The van der Waals surface area contributed by atoms with E-state index in [0.29, 0.717) is 40.3 Å². The number of aryl methyl sites for hydroxylation is 3. The fraction of sp³-hybridized carbons (Fsp3) is 0.300. The summed E-state index contributed by atoms with van der Waals surface area (Å²) in [7, 11) is -3.80. The van der Waals surface area contributed by atoms with Crippen molar-refractivity contribution in [3.8, 4) is 11.1 Å². The second-order valence-corrected chi connectivity index (χ2v) is 8.42. The summed E-state index contributed by atoms with van der Waals surface area (Å²) in [5.74, 6) is 1.13. The molecule has 0 spiro atoms. The van der Waals surface area contributed by atoms with Crippen molar-refractivity contribution in [2.24, 2.45) is 0 Å². The van der Waals surface area contributed by atoms with E-state index in [0.717, 1.165) is 0 Å². The Hall–Kier alpha value is -2.91. The molecule has 0 saturated carbocycles. The van der Waals surface area contributed by atoms with E-state index in [1.807, 2.05) is 6.92 Å². The zero-order valence-electron chi connectivity index (χ0n) is 16.7. The molecule has 2 aromatic heterocycles. The van der Waals surface area contributed by atoms with Crippen molar-refractivity contribution >= 4 is 21.8 Å². The highest BCUT2D eigenvalue weighted by molar-refractivity contribution is 7.89. The van der Waals surface area contributed by atoms with Gasteiger partial charge in [0.2, 0.25) is 21.8 Å². The Labute approximate surface area is 169 Å². The van der Waals surface area contributed by atoms with E-state index in [1.54, 1.807) is 44.2 Å².